The van der Waals surface area contributed by atoms with Crippen LogP contribution in [0.3, 0.4) is 0 Å². The number of rotatable bonds is 1. The number of fused-ring (bicyclic) bond motifs is 2. The van der Waals surface area contributed by atoms with Gasteiger partial charge in [0.05, 0.1) is 17.4 Å². The van der Waals surface area contributed by atoms with Gasteiger partial charge in [-0.05, 0) is 0 Å². The van der Waals surface area contributed by atoms with Crippen molar-refractivity contribution in [3.63, 3.8) is 0 Å². The van der Waals surface area contributed by atoms with Crippen molar-refractivity contribution in [2.24, 2.45) is 11.8 Å². The number of carboxylic acids is 1. The highest BCUT2D eigenvalue weighted by Crippen LogP contribution is 2.35. The van der Waals surface area contributed by atoms with Crippen LogP contribution in [-0.4, -0.2) is 22.6 Å². The molecule has 2 aliphatic rings. The zero-order chi connectivity index (χ0) is 13.6. The van der Waals surface area contributed by atoms with Crippen molar-refractivity contribution in [1.82, 2.24) is 0 Å². The van der Waals surface area contributed by atoms with Crippen LogP contribution in [0.5, 0.6) is 0 Å². The van der Waals surface area contributed by atoms with E-state index in [1.807, 2.05) is 0 Å². The van der Waals surface area contributed by atoms with Crippen LogP contribution in [0.15, 0.2) is 48.1 Å². The van der Waals surface area contributed by atoms with Gasteiger partial charge < -0.3 is 5.11 Å². The second-order valence-electron chi connectivity index (χ2n) is 4.61. The van der Waals surface area contributed by atoms with Gasteiger partial charge in [0.15, 0.2) is 11.6 Å². The minimum atomic E-state index is -1.09. The number of carboxylic acid groups (broad SMARTS) is 1. The van der Waals surface area contributed by atoms with E-state index < -0.39 is 17.8 Å². The van der Waals surface area contributed by atoms with E-state index in [0.29, 0.717) is 11.1 Å². The number of carbonyl (C=O) groups is 3. The summed E-state index contributed by atoms with van der Waals surface area (Å²) in [6.45, 7) is 0. The van der Waals surface area contributed by atoms with E-state index in [0.717, 1.165) is 0 Å². The molecular formula is C15H10O4. The molecule has 0 fully saturated rings. The van der Waals surface area contributed by atoms with Gasteiger partial charge in [-0.25, -0.2) is 4.79 Å². The van der Waals surface area contributed by atoms with E-state index in [4.69, 9.17) is 5.11 Å². The summed E-state index contributed by atoms with van der Waals surface area (Å²) in [5, 5.41) is 8.96. The predicted molar refractivity (Wildman–Crippen MR) is 66.9 cm³/mol. The molecule has 0 amide bonds. The molecular weight excluding hydrogens is 244 g/mol. The van der Waals surface area contributed by atoms with Gasteiger partial charge in [0.1, 0.15) is 0 Å². The Bertz CT molecular complexity index is 666. The lowest BCUT2D eigenvalue weighted by molar-refractivity contribution is -0.132. The number of hydrogen-bond acceptors (Lipinski definition) is 3. The second kappa shape index (κ2) is 4.02. The Morgan fingerprint density at radius 1 is 1.00 bits per heavy atom. The Morgan fingerprint density at radius 2 is 1.58 bits per heavy atom. The van der Waals surface area contributed by atoms with E-state index in [9.17, 15) is 14.4 Å². The summed E-state index contributed by atoms with van der Waals surface area (Å²) in [4.78, 5) is 35.6. The van der Waals surface area contributed by atoms with Gasteiger partial charge in [-0.3, -0.25) is 9.59 Å². The quantitative estimate of drug-likeness (QED) is 0.830. The lowest BCUT2D eigenvalue weighted by atomic mass is 9.71. The average molecular weight is 254 g/mol. The minimum Gasteiger partial charge on any atom is -0.478 e. The molecule has 0 radical (unpaired) electrons. The summed E-state index contributed by atoms with van der Waals surface area (Å²) >= 11 is 0. The number of hydrogen-bond donors (Lipinski definition) is 1. The maximum atomic E-state index is 12.3. The zero-order valence-electron chi connectivity index (χ0n) is 9.87. The Balaban J connectivity index is 2.13. The van der Waals surface area contributed by atoms with Crippen LogP contribution in [0, 0.1) is 11.8 Å². The third kappa shape index (κ3) is 1.64. The zero-order valence-corrected chi connectivity index (χ0v) is 9.87. The molecule has 2 aliphatic carbocycles. The van der Waals surface area contributed by atoms with Gasteiger partial charge in [-0.15, -0.1) is 0 Å². The monoisotopic (exact) mass is 254 g/mol. The van der Waals surface area contributed by atoms with Crippen LogP contribution in [0.25, 0.3) is 0 Å². The van der Waals surface area contributed by atoms with Crippen LogP contribution in [0.1, 0.15) is 20.7 Å². The molecule has 3 rings (SSSR count). The van der Waals surface area contributed by atoms with Crippen LogP contribution >= 0.6 is 0 Å². The maximum Gasteiger partial charge on any atom is 0.335 e. The normalized spacial score (nSPS) is 24.5. The van der Waals surface area contributed by atoms with Crippen LogP contribution in [0.4, 0.5) is 0 Å². The molecule has 0 heterocycles. The van der Waals surface area contributed by atoms with Gasteiger partial charge >= 0.3 is 5.97 Å². The first-order chi connectivity index (χ1) is 9.09. The van der Waals surface area contributed by atoms with E-state index in [-0.39, 0.29) is 17.1 Å². The number of allylic oxidation sites excluding steroid dienone is 2. The largest absolute Gasteiger partial charge is 0.478 e. The first-order valence-corrected chi connectivity index (χ1v) is 5.90. The van der Waals surface area contributed by atoms with E-state index in [1.165, 1.54) is 18.2 Å². The molecule has 19 heavy (non-hydrogen) atoms. The number of aliphatic carboxylic acids is 1. The lowest BCUT2D eigenvalue weighted by Crippen LogP contribution is -2.36. The summed E-state index contributed by atoms with van der Waals surface area (Å²) in [7, 11) is 0. The summed E-state index contributed by atoms with van der Waals surface area (Å²) < 4.78 is 0. The molecule has 4 heteroatoms. The van der Waals surface area contributed by atoms with Gasteiger partial charge in [-0.2, -0.15) is 0 Å². The predicted octanol–water partition coefficient (Wildman–Crippen LogP) is 1.88. The number of carbonyl (C=O) groups excluding carboxylic acids is 2. The lowest BCUT2D eigenvalue weighted by Gasteiger charge is -2.29. The molecule has 0 saturated heterocycles. The van der Waals surface area contributed by atoms with Crippen molar-refractivity contribution in [2.75, 3.05) is 0 Å². The van der Waals surface area contributed by atoms with E-state index in [2.05, 4.69) is 0 Å². The third-order valence-corrected chi connectivity index (χ3v) is 3.54. The fourth-order valence-electron chi connectivity index (χ4n) is 2.58. The fraction of sp³-hybridized carbons (Fsp3) is 0.133. The average Bonchev–Trinajstić information content (AvgIpc) is 2.44. The third-order valence-electron chi connectivity index (χ3n) is 3.54. The van der Waals surface area contributed by atoms with E-state index in [1.54, 1.807) is 24.3 Å². The number of Topliss-reactive ketones (excluding diaryl/α,β-unsaturated/α-hetero) is 2. The molecule has 4 nitrogen and oxygen atoms in total. The highest BCUT2D eigenvalue weighted by molar-refractivity contribution is 6.17. The molecule has 2 atom stereocenters. The molecule has 0 aliphatic heterocycles. The van der Waals surface area contributed by atoms with Crippen molar-refractivity contribution < 1.29 is 19.5 Å². The summed E-state index contributed by atoms with van der Waals surface area (Å²) in [5.74, 6) is -2.68. The van der Waals surface area contributed by atoms with Crippen LogP contribution in [-0.2, 0) is 4.79 Å². The van der Waals surface area contributed by atoms with Crippen molar-refractivity contribution >= 4 is 17.5 Å². The smallest absolute Gasteiger partial charge is 0.335 e. The first-order valence-electron chi connectivity index (χ1n) is 5.90. The van der Waals surface area contributed by atoms with Crippen molar-refractivity contribution in [3.05, 3.63) is 59.2 Å². The molecule has 0 unspecified atom stereocenters. The van der Waals surface area contributed by atoms with Crippen molar-refractivity contribution in [3.8, 4) is 0 Å². The molecule has 1 aromatic carbocycles. The Labute approximate surface area is 109 Å². The Hall–Kier alpha value is -2.49. The standard InChI is InChI=1S/C15H10O4/c16-13-9-3-1-2-4-10(9)14(17)12-7-8(15(18)19)5-6-11(12)13/h1-7,11-12H,(H,18,19)/t11-,12+/m0/s1. The molecule has 0 spiro atoms. The van der Waals surface area contributed by atoms with Gasteiger partial charge in [0, 0.05) is 11.1 Å². The molecule has 0 bridgehead atoms. The Kier molecular flexibility index (Phi) is 2.45. The second-order valence-corrected chi connectivity index (χ2v) is 4.61. The fourth-order valence-corrected chi connectivity index (χ4v) is 2.58. The minimum absolute atomic E-state index is 0.0572. The summed E-state index contributed by atoms with van der Waals surface area (Å²) in [6.07, 6.45) is 4.29. The van der Waals surface area contributed by atoms with Gasteiger partial charge in [0.2, 0.25) is 0 Å². The van der Waals surface area contributed by atoms with Gasteiger partial charge in [0.25, 0.3) is 0 Å². The van der Waals surface area contributed by atoms with Crippen LogP contribution in [0.2, 0.25) is 0 Å². The SMILES string of the molecule is O=C(O)C1=C[C@H]2C(=O)c3ccccc3C(=O)[C@H]2C=C1. The number of benzene rings is 1. The molecule has 94 valence electrons. The van der Waals surface area contributed by atoms with Crippen molar-refractivity contribution in [1.29, 1.82) is 0 Å². The van der Waals surface area contributed by atoms with Crippen molar-refractivity contribution in [2.45, 2.75) is 0 Å². The van der Waals surface area contributed by atoms with Gasteiger partial charge in [-0.1, -0.05) is 42.5 Å². The summed E-state index contributed by atoms with van der Waals surface area (Å²) in [6, 6.07) is 6.66. The van der Waals surface area contributed by atoms with E-state index >= 15 is 0 Å². The molecule has 1 aromatic rings. The Morgan fingerprint density at radius 3 is 2.16 bits per heavy atom. The molecule has 0 aromatic heterocycles. The highest BCUT2D eigenvalue weighted by Gasteiger charge is 2.40. The number of ketones is 2. The topological polar surface area (TPSA) is 71.4 Å². The molecule has 0 saturated carbocycles. The first kappa shape index (κ1) is 11.6. The summed E-state index contributed by atoms with van der Waals surface area (Å²) in [5.41, 5.74) is 0.859. The maximum absolute atomic E-state index is 12.3. The highest BCUT2D eigenvalue weighted by atomic mass is 16.4. The molecule has 1 N–H and O–H groups in total. The van der Waals surface area contributed by atoms with Crippen LogP contribution < -0.4 is 0 Å².